The Morgan fingerprint density at radius 3 is 2.68 bits per heavy atom. The van der Waals surface area contributed by atoms with Gasteiger partial charge in [-0.1, -0.05) is 0 Å². The Labute approximate surface area is 146 Å². The van der Waals surface area contributed by atoms with Gasteiger partial charge in [-0.3, -0.25) is 4.79 Å². The number of aromatic nitrogens is 2. The minimum Gasteiger partial charge on any atom is -0.391 e. The first-order valence-electron chi connectivity index (χ1n) is 8.17. The predicted octanol–water partition coefficient (Wildman–Crippen LogP) is 1.68. The number of aryl methyl sites for hydroxylation is 1. The van der Waals surface area contributed by atoms with Crippen molar-refractivity contribution in [1.82, 2.24) is 15.1 Å². The zero-order chi connectivity index (χ0) is 18.4. The second kappa shape index (κ2) is 8.73. The number of aliphatic hydroxyl groups is 1. The third kappa shape index (κ3) is 5.11. The number of rotatable bonds is 8. The van der Waals surface area contributed by atoms with Gasteiger partial charge in [-0.2, -0.15) is 5.10 Å². The minimum absolute atomic E-state index is 0.130. The topological polar surface area (TPSA) is 76.4 Å². The van der Waals surface area contributed by atoms with Gasteiger partial charge in [0.15, 0.2) is 0 Å². The number of nitrogens with zero attached hydrogens (tertiary/aromatic N) is 2. The van der Waals surface area contributed by atoms with Gasteiger partial charge < -0.3 is 15.2 Å². The summed E-state index contributed by atoms with van der Waals surface area (Å²) in [4.78, 5) is 12.1. The summed E-state index contributed by atoms with van der Waals surface area (Å²) < 4.78 is 19.6. The van der Waals surface area contributed by atoms with Gasteiger partial charge in [-0.05, 0) is 44.5 Å². The van der Waals surface area contributed by atoms with Gasteiger partial charge in [0.1, 0.15) is 5.82 Å². The molecule has 25 heavy (non-hydrogen) atoms. The molecule has 0 fully saturated rings. The van der Waals surface area contributed by atoms with E-state index in [4.69, 9.17) is 4.74 Å². The molecule has 136 valence electrons. The standard InChI is InChI=1S/C18H24FN3O3/c1-12-17(10-18(24)20-9-8-16(23)11-25-3)13(2)22(21-12)15-6-4-14(19)5-7-15/h4-7,16,23H,8-11H2,1-3H3,(H,20,24). The largest absolute Gasteiger partial charge is 0.391 e. The fourth-order valence-corrected chi connectivity index (χ4v) is 2.64. The van der Waals surface area contributed by atoms with Crippen molar-refractivity contribution < 1.29 is 19.0 Å². The van der Waals surface area contributed by atoms with Gasteiger partial charge in [0, 0.05) is 24.9 Å². The second-order valence-corrected chi connectivity index (χ2v) is 5.96. The van der Waals surface area contributed by atoms with Crippen LogP contribution in [0.3, 0.4) is 0 Å². The van der Waals surface area contributed by atoms with E-state index < -0.39 is 6.10 Å². The molecule has 2 aromatic rings. The van der Waals surface area contributed by atoms with Crippen LogP contribution < -0.4 is 5.32 Å². The number of methoxy groups -OCH3 is 1. The molecule has 0 saturated heterocycles. The molecule has 0 aliphatic rings. The number of nitrogens with one attached hydrogen (secondary N) is 1. The molecule has 1 atom stereocenters. The highest BCUT2D eigenvalue weighted by atomic mass is 19.1. The third-order valence-electron chi connectivity index (χ3n) is 4.01. The van der Waals surface area contributed by atoms with E-state index in [-0.39, 0.29) is 24.8 Å². The summed E-state index contributed by atoms with van der Waals surface area (Å²) in [5, 5.41) is 16.8. The lowest BCUT2D eigenvalue weighted by Crippen LogP contribution is -2.29. The SMILES string of the molecule is COCC(O)CCNC(=O)Cc1c(C)nn(-c2ccc(F)cc2)c1C. The summed E-state index contributed by atoms with van der Waals surface area (Å²) in [7, 11) is 1.52. The van der Waals surface area contributed by atoms with Crippen molar-refractivity contribution in [3.8, 4) is 5.69 Å². The van der Waals surface area contributed by atoms with Crippen LogP contribution in [-0.2, 0) is 16.0 Å². The van der Waals surface area contributed by atoms with E-state index in [1.165, 1.54) is 19.2 Å². The maximum Gasteiger partial charge on any atom is 0.224 e. The number of ether oxygens (including phenoxy) is 1. The van der Waals surface area contributed by atoms with Gasteiger partial charge >= 0.3 is 0 Å². The molecule has 0 spiro atoms. The number of benzene rings is 1. The zero-order valence-electron chi connectivity index (χ0n) is 14.8. The Morgan fingerprint density at radius 2 is 2.04 bits per heavy atom. The number of carbonyl (C=O) groups excluding carboxylic acids is 1. The van der Waals surface area contributed by atoms with E-state index in [1.807, 2.05) is 13.8 Å². The monoisotopic (exact) mass is 349 g/mol. The highest BCUT2D eigenvalue weighted by Gasteiger charge is 2.16. The normalized spacial score (nSPS) is 12.2. The lowest BCUT2D eigenvalue weighted by Gasteiger charge is -2.10. The van der Waals surface area contributed by atoms with Crippen LogP contribution in [0.25, 0.3) is 5.69 Å². The quantitative estimate of drug-likeness (QED) is 0.760. The van der Waals surface area contributed by atoms with Crippen LogP contribution >= 0.6 is 0 Å². The molecular formula is C18H24FN3O3. The lowest BCUT2D eigenvalue weighted by atomic mass is 10.1. The molecular weight excluding hydrogens is 325 g/mol. The molecule has 0 radical (unpaired) electrons. The number of carbonyl (C=O) groups is 1. The molecule has 0 saturated carbocycles. The number of hydrogen-bond donors (Lipinski definition) is 2. The number of amides is 1. The van der Waals surface area contributed by atoms with Gasteiger partial charge in [-0.25, -0.2) is 9.07 Å². The average Bonchev–Trinajstić information content (AvgIpc) is 2.84. The van der Waals surface area contributed by atoms with Crippen molar-refractivity contribution in [3.05, 3.63) is 47.0 Å². The van der Waals surface area contributed by atoms with Crippen LogP contribution in [0.4, 0.5) is 4.39 Å². The summed E-state index contributed by atoms with van der Waals surface area (Å²) in [6, 6.07) is 6.05. The highest BCUT2D eigenvalue weighted by Crippen LogP contribution is 2.18. The fraction of sp³-hybridized carbons (Fsp3) is 0.444. The molecule has 1 amide bonds. The van der Waals surface area contributed by atoms with E-state index in [0.29, 0.717) is 13.0 Å². The van der Waals surface area contributed by atoms with Crippen LogP contribution in [0, 0.1) is 19.7 Å². The summed E-state index contributed by atoms with van der Waals surface area (Å²) in [6.45, 7) is 4.36. The van der Waals surface area contributed by atoms with E-state index >= 15 is 0 Å². The highest BCUT2D eigenvalue weighted by molar-refractivity contribution is 5.79. The van der Waals surface area contributed by atoms with Crippen LogP contribution in [0.15, 0.2) is 24.3 Å². The number of aliphatic hydroxyl groups excluding tert-OH is 1. The smallest absolute Gasteiger partial charge is 0.224 e. The summed E-state index contributed by atoms with van der Waals surface area (Å²) in [6.07, 6.45) is 0.0565. The van der Waals surface area contributed by atoms with Crippen molar-refractivity contribution in [3.63, 3.8) is 0 Å². The first-order chi connectivity index (χ1) is 11.9. The van der Waals surface area contributed by atoms with Crippen LogP contribution in [0.2, 0.25) is 0 Å². The van der Waals surface area contributed by atoms with E-state index in [9.17, 15) is 14.3 Å². The minimum atomic E-state index is -0.588. The molecule has 0 aliphatic heterocycles. The Morgan fingerprint density at radius 1 is 1.36 bits per heavy atom. The van der Waals surface area contributed by atoms with E-state index in [0.717, 1.165) is 22.6 Å². The van der Waals surface area contributed by atoms with Crippen molar-refractivity contribution in [2.75, 3.05) is 20.3 Å². The third-order valence-corrected chi connectivity index (χ3v) is 4.01. The van der Waals surface area contributed by atoms with Crippen molar-refractivity contribution in [2.45, 2.75) is 32.8 Å². The number of halogens is 1. The van der Waals surface area contributed by atoms with Crippen molar-refractivity contribution in [1.29, 1.82) is 0 Å². The van der Waals surface area contributed by atoms with Gasteiger partial charge in [0.05, 0.1) is 30.5 Å². The van der Waals surface area contributed by atoms with Gasteiger partial charge in [0.2, 0.25) is 5.91 Å². The van der Waals surface area contributed by atoms with Gasteiger partial charge in [-0.15, -0.1) is 0 Å². The molecule has 1 heterocycles. The zero-order valence-corrected chi connectivity index (χ0v) is 14.8. The maximum atomic E-state index is 13.1. The fourth-order valence-electron chi connectivity index (χ4n) is 2.64. The van der Waals surface area contributed by atoms with E-state index in [1.54, 1.807) is 16.8 Å². The molecule has 6 nitrogen and oxygen atoms in total. The summed E-state index contributed by atoms with van der Waals surface area (Å²) in [5.41, 5.74) is 3.20. The number of hydrogen-bond acceptors (Lipinski definition) is 4. The molecule has 0 aliphatic carbocycles. The first kappa shape index (κ1) is 19.1. The Bertz CT molecular complexity index is 713. The Balaban J connectivity index is 2.00. The average molecular weight is 349 g/mol. The molecule has 7 heteroatoms. The second-order valence-electron chi connectivity index (χ2n) is 5.96. The first-order valence-corrected chi connectivity index (χ1v) is 8.17. The van der Waals surface area contributed by atoms with Crippen LogP contribution in [-0.4, -0.2) is 47.2 Å². The van der Waals surface area contributed by atoms with Crippen LogP contribution in [0.5, 0.6) is 0 Å². The summed E-state index contributed by atoms with van der Waals surface area (Å²) >= 11 is 0. The molecule has 1 aromatic carbocycles. The summed E-state index contributed by atoms with van der Waals surface area (Å²) in [5.74, 6) is -0.435. The molecule has 1 aromatic heterocycles. The Hall–Kier alpha value is -2.25. The predicted molar refractivity (Wildman–Crippen MR) is 92.2 cm³/mol. The maximum absolute atomic E-state index is 13.1. The van der Waals surface area contributed by atoms with Crippen molar-refractivity contribution >= 4 is 5.91 Å². The molecule has 2 rings (SSSR count). The molecule has 0 bridgehead atoms. The lowest BCUT2D eigenvalue weighted by molar-refractivity contribution is -0.120. The van der Waals surface area contributed by atoms with Crippen LogP contribution in [0.1, 0.15) is 23.4 Å². The van der Waals surface area contributed by atoms with E-state index in [2.05, 4.69) is 10.4 Å². The Kier molecular flexibility index (Phi) is 6.66. The molecule has 2 N–H and O–H groups in total. The van der Waals surface area contributed by atoms with Crippen molar-refractivity contribution in [2.24, 2.45) is 0 Å². The van der Waals surface area contributed by atoms with Gasteiger partial charge in [0.25, 0.3) is 0 Å². The molecule has 1 unspecified atom stereocenters.